The minimum absolute atomic E-state index is 0.0680. The van der Waals surface area contributed by atoms with Crippen molar-refractivity contribution in [2.24, 2.45) is 5.92 Å². The van der Waals surface area contributed by atoms with E-state index in [0.717, 1.165) is 35.4 Å². The maximum Gasteiger partial charge on any atom is 0.147 e. The number of hydrogen-bond donors (Lipinski definition) is 1. The normalized spacial score (nSPS) is 19.4. The van der Waals surface area contributed by atoms with Crippen LogP contribution in [0.4, 0.5) is 0 Å². The predicted octanol–water partition coefficient (Wildman–Crippen LogP) is 9.16. The average molecular weight is 501 g/mol. The Morgan fingerprint density at radius 1 is 0.914 bits per heavy atom. The standard InChI is InChI=1S/C30H52N4S/c1-8-24(22(3)20-30(6,7)34-29(4,5)9-2)27-32-25(26-28(33-27)35-21-31-26)23-18-16-14-12-10-11-13-15-17-19-23/h21-24,34H,8-20H2,1-7H3. The van der Waals surface area contributed by atoms with Crippen molar-refractivity contribution in [3.05, 3.63) is 17.0 Å². The summed E-state index contributed by atoms with van der Waals surface area (Å²) in [6, 6.07) is 0. The number of thiazole rings is 1. The fourth-order valence-corrected chi connectivity index (χ4v) is 7.03. The molecule has 4 nitrogen and oxygen atoms in total. The van der Waals surface area contributed by atoms with Gasteiger partial charge in [-0.2, -0.15) is 0 Å². The number of fused-ring (bicyclic) bond motifs is 1. The van der Waals surface area contributed by atoms with Gasteiger partial charge >= 0.3 is 0 Å². The van der Waals surface area contributed by atoms with Crippen LogP contribution in [0, 0.1) is 5.92 Å². The van der Waals surface area contributed by atoms with Crippen molar-refractivity contribution < 1.29 is 0 Å². The lowest BCUT2D eigenvalue weighted by Gasteiger charge is -2.39. The first kappa shape index (κ1) is 28.5. The molecule has 2 aromatic rings. The first-order chi connectivity index (χ1) is 16.7. The lowest BCUT2D eigenvalue weighted by molar-refractivity contribution is 0.208. The zero-order chi connectivity index (χ0) is 25.5. The van der Waals surface area contributed by atoms with Gasteiger partial charge in [0.15, 0.2) is 0 Å². The van der Waals surface area contributed by atoms with Gasteiger partial charge < -0.3 is 5.32 Å². The molecule has 198 valence electrons. The van der Waals surface area contributed by atoms with E-state index in [1.165, 1.54) is 69.9 Å². The lowest BCUT2D eigenvalue weighted by atomic mass is 9.80. The van der Waals surface area contributed by atoms with Gasteiger partial charge in [-0.3, -0.25) is 0 Å². The lowest BCUT2D eigenvalue weighted by Crippen LogP contribution is -2.52. The van der Waals surface area contributed by atoms with Crippen LogP contribution in [0.5, 0.6) is 0 Å². The van der Waals surface area contributed by atoms with Gasteiger partial charge in [-0.25, -0.2) is 15.0 Å². The molecule has 1 saturated carbocycles. The van der Waals surface area contributed by atoms with Crippen molar-refractivity contribution in [2.45, 2.75) is 155 Å². The van der Waals surface area contributed by atoms with Gasteiger partial charge in [-0.15, -0.1) is 11.3 Å². The van der Waals surface area contributed by atoms with E-state index in [4.69, 9.17) is 15.0 Å². The summed E-state index contributed by atoms with van der Waals surface area (Å²) in [5, 5.41) is 3.91. The van der Waals surface area contributed by atoms with Crippen molar-refractivity contribution in [1.82, 2.24) is 20.3 Å². The van der Waals surface area contributed by atoms with Gasteiger partial charge in [-0.1, -0.05) is 72.1 Å². The van der Waals surface area contributed by atoms with E-state index in [9.17, 15) is 0 Å². The number of hydrogen-bond acceptors (Lipinski definition) is 5. The van der Waals surface area contributed by atoms with Crippen molar-refractivity contribution in [1.29, 1.82) is 0 Å². The molecule has 5 heteroatoms. The second-order valence-electron chi connectivity index (χ2n) is 12.5. The molecule has 0 bridgehead atoms. The van der Waals surface area contributed by atoms with E-state index in [0.29, 0.717) is 17.8 Å². The quantitative estimate of drug-likeness (QED) is 0.373. The minimum Gasteiger partial charge on any atom is -0.307 e. The van der Waals surface area contributed by atoms with Crippen LogP contribution in [0.25, 0.3) is 10.3 Å². The number of nitrogens with zero attached hydrogens (tertiary/aromatic N) is 3. The van der Waals surface area contributed by atoms with Crippen molar-refractivity contribution in [2.75, 3.05) is 0 Å². The molecule has 0 saturated heterocycles. The zero-order valence-electron chi connectivity index (χ0n) is 23.8. The molecule has 0 aliphatic heterocycles. The minimum atomic E-state index is 0.0680. The molecule has 1 aliphatic rings. The SMILES string of the molecule is CCC(c1nc(C2CCCCCCCCCC2)c2ncsc2n1)C(C)CC(C)(C)NC(C)(C)CC. The highest BCUT2D eigenvalue weighted by molar-refractivity contribution is 7.16. The Hall–Kier alpha value is -1.07. The van der Waals surface area contributed by atoms with Gasteiger partial charge in [-0.05, 0) is 65.7 Å². The van der Waals surface area contributed by atoms with Crippen LogP contribution < -0.4 is 5.32 Å². The Balaban J connectivity index is 1.87. The molecule has 2 unspecified atom stereocenters. The van der Waals surface area contributed by atoms with Gasteiger partial charge in [0.2, 0.25) is 0 Å². The molecule has 0 radical (unpaired) electrons. The molecule has 0 aromatic carbocycles. The molecule has 2 aromatic heterocycles. The molecule has 0 spiro atoms. The smallest absolute Gasteiger partial charge is 0.147 e. The van der Waals surface area contributed by atoms with Crippen LogP contribution in [0.2, 0.25) is 0 Å². The number of nitrogens with one attached hydrogen (secondary N) is 1. The first-order valence-corrected chi connectivity index (χ1v) is 15.4. The Labute approximate surface area is 219 Å². The molecule has 1 N–H and O–H groups in total. The van der Waals surface area contributed by atoms with Crippen molar-refractivity contribution >= 4 is 21.7 Å². The molecule has 2 heterocycles. The van der Waals surface area contributed by atoms with Crippen LogP contribution in [0.15, 0.2) is 5.51 Å². The molecule has 1 aliphatic carbocycles. The van der Waals surface area contributed by atoms with Crippen molar-refractivity contribution in [3.8, 4) is 0 Å². The molecule has 0 amide bonds. The zero-order valence-corrected chi connectivity index (χ0v) is 24.6. The predicted molar refractivity (Wildman–Crippen MR) is 153 cm³/mol. The fourth-order valence-electron chi connectivity index (χ4n) is 6.35. The Morgan fingerprint density at radius 3 is 2.09 bits per heavy atom. The molecule has 3 rings (SSSR count). The van der Waals surface area contributed by atoms with Crippen LogP contribution in [0.3, 0.4) is 0 Å². The second-order valence-corrected chi connectivity index (χ2v) is 13.4. The Kier molecular flexibility index (Phi) is 10.5. The monoisotopic (exact) mass is 500 g/mol. The maximum atomic E-state index is 5.37. The highest BCUT2D eigenvalue weighted by Crippen LogP contribution is 2.37. The van der Waals surface area contributed by atoms with E-state index in [-0.39, 0.29) is 11.1 Å². The third kappa shape index (κ3) is 8.21. The molecular formula is C30H52N4S. The molecule has 2 atom stereocenters. The van der Waals surface area contributed by atoms with E-state index < -0.39 is 0 Å². The van der Waals surface area contributed by atoms with Gasteiger partial charge in [0, 0.05) is 22.9 Å². The topological polar surface area (TPSA) is 50.7 Å². The number of rotatable bonds is 9. The Bertz CT molecular complexity index is 891. The number of aromatic nitrogens is 3. The summed E-state index contributed by atoms with van der Waals surface area (Å²) in [6.07, 6.45) is 16.8. The van der Waals surface area contributed by atoms with Crippen LogP contribution in [-0.2, 0) is 0 Å². The van der Waals surface area contributed by atoms with Gasteiger partial charge in [0.05, 0.1) is 11.2 Å². The van der Waals surface area contributed by atoms with E-state index in [2.05, 4.69) is 53.8 Å². The molecule has 35 heavy (non-hydrogen) atoms. The average Bonchev–Trinajstić information content (AvgIpc) is 3.24. The third-order valence-corrected chi connectivity index (χ3v) is 9.05. The van der Waals surface area contributed by atoms with Crippen LogP contribution >= 0.6 is 11.3 Å². The van der Waals surface area contributed by atoms with Gasteiger partial charge in [0.1, 0.15) is 16.2 Å². The van der Waals surface area contributed by atoms with E-state index in [1.807, 2.05) is 5.51 Å². The highest BCUT2D eigenvalue weighted by atomic mass is 32.1. The van der Waals surface area contributed by atoms with Crippen molar-refractivity contribution in [3.63, 3.8) is 0 Å². The van der Waals surface area contributed by atoms with Gasteiger partial charge in [0.25, 0.3) is 0 Å². The highest BCUT2D eigenvalue weighted by Gasteiger charge is 2.32. The largest absolute Gasteiger partial charge is 0.307 e. The summed E-state index contributed by atoms with van der Waals surface area (Å²) in [5.74, 6) is 2.46. The molecular weight excluding hydrogens is 448 g/mol. The van der Waals surface area contributed by atoms with Crippen LogP contribution in [-0.4, -0.2) is 26.0 Å². The van der Waals surface area contributed by atoms with Crippen LogP contribution in [0.1, 0.15) is 155 Å². The Morgan fingerprint density at radius 2 is 1.51 bits per heavy atom. The van der Waals surface area contributed by atoms with E-state index in [1.54, 1.807) is 11.3 Å². The first-order valence-electron chi connectivity index (χ1n) is 14.6. The summed E-state index contributed by atoms with van der Waals surface area (Å²) < 4.78 is 0. The third-order valence-electron chi connectivity index (χ3n) is 8.34. The summed E-state index contributed by atoms with van der Waals surface area (Å²) in [5.41, 5.74) is 4.51. The maximum absolute atomic E-state index is 5.37. The summed E-state index contributed by atoms with van der Waals surface area (Å²) in [7, 11) is 0. The molecule has 1 fully saturated rings. The summed E-state index contributed by atoms with van der Waals surface area (Å²) >= 11 is 1.69. The van der Waals surface area contributed by atoms with E-state index >= 15 is 0 Å². The summed E-state index contributed by atoms with van der Waals surface area (Å²) in [4.78, 5) is 16.4. The second kappa shape index (κ2) is 12.9. The fraction of sp³-hybridized carbons (Fsp3) is 0.833. The summed E-state index contributed by atoms with van der Waals surface area (Å²) in [6.45, 7) is 16.3.